The number of hydrogen-bond donors (Lipinski definition) is 1. The molecule has 0 aliphatic carbocycles. The lowest BCUT2D eigenvalue weighted by Gasteiger charge is -1.97. The summed E-state index contributed by atoms with van der Waals surface area (Å²) in [4.78, 5) is 23.1. The van der Waals surface area contributed by atoms with Gasteiger partial charge in [0.05, 0.1) is 10.8 Å². The SMILES string of the molecule is CC1Sc2ccc(C(=O)O)cc2C1=O. The van der Waals surface area contributed by atoms with E-state index in [1.165, 1.54) is 23.9 Å². The lowest BCUT2D eigenvalue weighted by Crippen LogP contribution is -2.07. The van der Waals surface area contributed by atoms with Gasteiger partial charge in [-0.2, -0.15) is 0 Å². The van der Waals surface area contributed by atoms with Gasteiger partial charge in [0.2, 0.25) is 0 Å². The Bertz CT molecular complexity index is 425. The van der Waals surface area contributed by atoms with E-state index in [2.05, 4.69) is 0 Å². The lowest BCUT2D eigenvalue weighted by molar-refractivity contribution is 0.0697. The summed E-state index contributed by atoms with van der Waals surface area (Å²) < 4.78 is 0. The number of rotatable bonds is 1. The van der Waals surface area contributed by atoms with Crippen LogP contribution in [0.1, 0.15) is 27.6 Å². The van der Waals surface area contributed by atoms with Crippen LogP contribution < -0.4 is 0 Å². The number of benzene rings is 1. The molecule has 0 radical (unpaired) electrons. The van der Waals surface area contributed by atoms with Crippen LogP contribution in [0.2, 0.25) is 0 Å². The van der Waals surface area contributed by atoms with E-state index in [9.17, 15) is 9.59 Å². The Kier molecular flexibility index (Phi) is 2.07. The first-order valence-electron chi connectivity index (χ1n) is 4.18. The normalized spacial score (nSPS) is 19.5. The Balaban J connectivity index is 2.51. The molecule has 0 bridgehead atoms. The second-order valence-corrected chi connectivity index (χ2v) is 4.52. The minimum atomic E-state index is -0.995. The van der Waals surface area contributed by atoms with Gasteiger partial charge in [0, 0.05) is 10.5 Å². The molecule has 1 aromatic carbocycles. The molecule has 1 heterocycles. The highest BCUT2D eigenvalue weighted by Gasteiger charge is 2.28. The maximum Gasteiger partial charge on any atom is 0.335 e. The number of thioether (sulfide) groups is 1. The number of carbonyl (C=O) groups excluding carboxylic acids is 1. The molecule has 0 spiro atoms. The molecule has 72 valence electrons. The number of aromatic carboxylic acids is 1. The molecule has 0 saturated carbocycles. The first kappa shape index (κ1) is 9.27. The van der Waals surface area contributed by atoms with Gasteiger partial charge in [-0.1, -0.05) is 0 Å². The summed E-state index contributed by atoms with van der Waals surface area (Å²) in [6, 6.07) is 4.68. The summed E-state index contributed by atoms with van der Waals surface area (Å²) in [6.45, 7) is 1.83. The molecule has 1 atom stereocenters. The highest BCUT2D eigenvalue weighted by molar-refractivity contribution is 8.01. The van der Waals surface area contributed by atoms with Crippen LogP contribution in [0.3, 0.4) is 0 Å². The molecule has 1 aliphatic heterocycles. The third-order valence-electron chi connectivity index (χ3n) is 2.16. The monoisotopic (exact) mass is 208 g/mol. The summed E-state index contributed by atoms with van der Waals surface area (Å²) in [5.74, 6) is -0.974. The topological polar surface area (TPSA) is 54.4 Å². The first-order chi connectivity index (χ1) is 6.59. The zero-order valence-electron chi connectivity index (χ0n) is 7.48. The van der Waals surface area contributed by atoms with Crippen LogP contribution >= 0.6 is 11.8 Å². The molecule has 3 nitrogen and oxygen atoms in total. The average Bonchev–Trinajstić information content (AvgIpc) is 2.43. The maximum absolute atomic E-state index is 11.6. The predicted molar refractivity (Wildman–Crippen MR) is 53.1 cm³/mol. The number of hydrogen-bond acceptors (Lipinski definition) is 3. The van der Waals surface area contributed by atoms with E-state index in [0.29, 0.717) is 5.56 Å². The molecule has 1 unspecified atom stereocenters. The van der Waals surface area contributed by atoms with Gasteiger partial charge in [0.15, 0.2) is 5.78 Å². The van der Waals surface area contributed by atoms with Gasteiger partial charge in [-0.3, -0.25) is 4.79 Å². The molecular weight excluding hydrogens is 200 g/mol. The second-order valence-electron chi connectivity index (χ2n) is 3.14. The minimum absolute atomic E-state index is 0.0214. The van der Waals surface area contributed by atoms with E-state index in [-0.39, 0.29) is 16.6 Å². The molecule has 0 saturated heterocycles. The highest BCUT2D eigenvalue weighted by Crippen LogP contribution is 2.36. The third kappa shape index (κ3) is 1.32. The predicted octanol–water partition coefficient (Wildman–Crippen LogP) is 2.06. The summed E-state index contributed by atoms with van der Waals surface area (Å²) >= 11 is 1.48. The molecular formula is C10H8O3S. The summed E-state index contributed by atoms with van der Waals surface area (Å²) in [7, 11) is 0. The van der Waals surface area contributed by atoms with E-state index in [0.717, 1.165) is 4.90 Å². The van der Waals surface area contributed by atoms with Crippen LogP contribution in [-0.4, -0.2) is 22.1 Å². The van der Waals surface area contributed by atoms with E-state index >= 15 is 0 Å². The van der Waals surface area contributed by atoms with Gasteiger partial charge >= 0.3 is 5.97 Å². The van der Waals surface area contributed by atoms with Gasteiger partial charge in [-0.25, -0.2) is 4.79 Å². The Morgan fingerprint density at radius 2 is 2.21 bits per heavy atom. The fraction of sp³-hybridized carbons (Fsp3) is 0.200. The number of carbonyl (C=O) groups is 2. The van der Waals surface area contributed by atoms with Gasteiger partial charge in [-0.15, -0.1) is 11.8 Å². The van der Waals surface area contributed by atoms with Crippen LogP contribution in [0, 0.1) is 0 Å². The number of carboxylic acids is 1. The van der Waals surface area contributed by atoms with Gasteiger partial charge in [0.1, 0.15) is 0 Å². The zero-order valence-corrected chi connectivity index (χ0v) is 8.30. The van der Waals surface area contributed by atoms with Crippen molar-refractivity contribution in [2.75, 3.05) is 0 Å². The third-order valence-corrected chi connectivity index (χ3v) is 3.34. The van der Waals surface area contributed by atoms with Crippen LogP contribution in [0.5, 0.6) is 0 Å². The Morgan fingerprint density at radius 3 is 2.86 bits per heavy atom. The molecule has 0 fully saturated rings. The molecule has 4 heteroatoms. The van der Waals surface area contributed by atoms with E-state index in [1.807, 2.05) is 6.92 Å². The fourth-order valence-corrected chi connectivity index (χ4v) is 2.47. The van der Waals surface area contributed by atoms with E-state index < -0.39 is 5.97 Å². The Hall–Kier alpha value is -1.29. The van der Waals surface area contributed by atoms with Gasteiger partial charge in [0.25, 0.3) is 0 Å². The fourth-order valence-electron chi connectivity index (χ4n) is 1.42. The van der Waals surface area contributed by atoms with Crippen LogP contribution in [0.4, 0.5) is 0 Å². The second kappa shape index (κ2) is 3.13. The highest BCUT2D eigenvalue weighted by atomic mass is 32.2. The van der Waals surface area contributed by atoms with Gasteiger partial charge < -0.3 is 5.11 Å². The van der Waals surface area contributed by atoms with Crippen molar-refractivity contribution in [3.63, 3.8) is 0 Å². The summed E-state index contributed by atoms with van der Waals surface area (Å²) in [5, 5.41) is 8.66. The molecule has 0 amide bonds. The smallest absolute Gasteiger partial charge is 0.335 e. The van der Waals surface area contributed by atoms with Crippen molar-refractivity contribution in [2.45, 2.75) is 17.1 Å². The van der Waals surface area contributed by atoms with E-state index in [4.69, 9.17) is 5.11 Å². The molecule has 1 aromatic rings. The van der Waals surface area contributed by atoms with Crippen molar-refractivity contribution in [3.05, 3.63) is 29.3 Å². The number of Topliss-reactive ketones (excluding diaryl/α,β-unsaturated/α-hetero) is 1. The summed E-state index contributed by atoms with van der Waals surface area (Å²) in [6.07, 6.45) is 0. The van der Waals surface area contributed by atoms with Crippen molar-refractivity contribution in [1.82, 2.24) is 0 Å². The summed E-state index contributed by atoms with van der Waals surface area (Å²) in [5.41, 5.74) is 0.717. The molecule has 1 aliphatic rings. The Labute approximate surface area is 85.1 Å². The van der Waals surface area contributed by atoms with Crippen molar-refractivity contribution in [2.24, 2.45) is 0 Å². The molecule has 14 heavy (non-hydrogen) atoms. The van der Waals surface area contributed by atoms with Crippen LogP contribution in [-0.2, 0) is 0 Å². The van der Waals surface area contributed by atoms with Crippen LogP contribution in [0.25, 0.3) is 0 Å². The number of carboxylic acid groups (broad SMARTS) is 1. The largest absolute Gasteiger partial charge is 0.478 e. The molecule has 1 N–H and O–H groups in total. The lowest BCUT2D eigenvalue weighted by atomic mass is 10.1. The Morgan fingerprint density at radius 1 is 1.50 bits per heavy atom. The maximum atomic E-state index is 11.6. The number of ketones is 1. The van der Waals surface area contributed by atoms with Crippen molar-refractivity contribution in [3.8, 4) is 0 Å². The average molecular weight is 208 g/mol. The van der Waals surface area contributed by atoms with Crippen LogP contribution in [0.15, 0.2) is 23.1 Å². The molecule has 2 rings (SSSR count). The standard InChI is InChI=1S/C10H8O3S/c1-5-9(11)7-4-6(10(12)13)2-3-8(7)14-5/h2-5H,1H3,(H,12,13). The zero-order chi connectivity index (χ0) is 10.3. The van der Waals surface area contributed by atoms with Crippen molar-refractivity contribution in [1.29, 1.82) is 0 Å². The van der Waals surface area contributed by atoms with Gasteiger partial charge in [-0.05, 0) is 25.1 Å². The van der Waals surface area contributed by atoms with E-state index in [1.54, 1.807) is 6.07 Å². The molecule has 0 aromatic heterocycles. The quantitative estimate of drug-likeness (QED) is 0.767. The van der Waals surface area contributed by atoms with Crippen molar-refractivity contribution < 1.29 is 14.7 Å². The number of fused-ring (bicyclic) bond motifs is 1. The minimum Gasteiger partial charge on any atom is -0.478 e. The van der Waals surface area contributed by atoms with Crippen molar-refractivity contribution >= 4 is 23.5 Å². The first-order valence-corrected chi connectivity index (χ1v) is 5.06.